The van der Waals surface area contributed by atoms with Crippen LogP contribution in [-0.2, 0) is 11.3 Å². The maximum atomic E-state index is 12.5. The first kappa shape index (κ1) is 14.5. The predicted molar refractivity (Wildman–Crippen MR) is 77.8 cm³/mol. The van der Waals surface area contributed by atoms with E-state index in [4.69, 9.17) is 5.26 Å². The quantitative estimate of drug-likeness (QED) is 0.910. The molecule has 1 amide bonds. The molecule has 0 spiro atoms. The van der Waals surface area contributed by atoms with E-state index in [9.17, 15) is 4.79 Å². The molecule has 2 rings (SSSR count). The maximum Gasteiger partial charge on any atom is 0.227 e. The van der Waals surface area contributed by atoms with Gasteiger partial charge in [0.2, 0.25) is 5.91 Å². The lowest BCUT2D eigenvalue weighted by Crippen LogP contribution is -2.42. The molecule has 20 heavy (non-hydrogen) atoms. The minimum atomic E-state index is 0.0814. The molecule has 4 heteroatoms. The van der Waals surface area contributed by atoms with Gasteiger partial charge in [0, 0.05) is 19.6 Å². The van der Waals surface area contributed by atoms with E-state index in [2.05, 4.69) is 11.4 Å². The fourth-order valence-corrected chi connectivity index (χ4v) is 2.64. The second-order valence-corrected chi connectivity index (χ2v) is 5.16. The molecule has 1 aliphatic rings. The molecule has 1 N–H and O–H groups in total. The summed E-state index contributed by atoms with van der Waals surface area (Å²) in [5, 5.41) is 12.4. The zero-order chi connectivity index (χ0) is 14.4. The van der Waals surface area contributed by atoms with Gasteiger partial charge < -0.3 is 10.2 Å². The number of nitrogens with one attached hydrogen (secondary N) is 1. The third kappa shape index (κ3) is 3.37. The summed E-state index contributed by atoms with van der Waals surface area (Å²) in [7, 11) is 0. The van der Waals surface area contributed by atoms with Gasteiger partial charge in [0.15, 0.2) is 0 Å². The molecule has 1 saturated heterocycles. The van der Waals surface area contributed by atoms with Crippen LogP contribution in [0.25, 0.3) is 0 Å². The normalized spacial score (nSPS) is 18.3. The Balaban J connectivity index is 2.08. The van der Waals surface area contributed by atoms with Crippen molar-refractivity contribution >= 4 is 5.91 Å². The molecule has 0 bridgehead atoms. The Morgan fingerprint density at radius 3 is 2.95 bits per heavy atom. The van der Waals surface area contributed by atoms with Crippen LogP contribution in [0, 0.1) is 17.2 Å². The van der Waals surface area contributed by atoms with Crippen molar-refractivity contribution in [2.45, 2.75) is 26.3 Å². The molecule has 1 heterocycles. The molecule has 0 radical (unpaired) electrons. The predicted octanol–water partition coefficient (Wildman–Crippen LogP) is 1.91. The van der Waals surface area contributed by atoms with Crippen LogP contribution in [0.3, 0.4) is 0 Å². The van der Waals surface area contributed by atoms with Gasteiger partial charge in [-0.2, -0.15) is 5.26 Å². The maximum absolute atomic E-state index is 12.5. The minimum absolute atomic E-state index is 0.0814. The van der Waals surface area contributed by atoms with Gasteiger partial charge in [-0.1, -0.05) is 18.2 Å². The number of benzene rings is 1. The SMILES string of the molecule is CCN(Cc1ccccc1C#N)C(=O)[C@@H]1CCCNC1. The first-order valence-electron chi connectivity index (χ1n) is 7.23. The smallest absolute Gasteiger partial charge is 0.227 e. The van der Waals surface area contributed by atoms with Gasteiger partial charge in [-0.15, -0.1) is 0 Å². The van der Waals surface area contributed by atoms with E-state index in [1.165, 1.54) is 0 Å². The summed E-state index contributed by atoms with van der Waals surface area (Å²) in [5.41, 5.74) is 1.58. The average Bonchev–Trinajstić information content (AvgIpc) is 2.53. The van der Waals surface area contributed by atoms with Crippen molar-refractivity contribution < 1.29 is 4.79 Å². The number of nitrogens with zero attached hydrogens (tertiary/aromatic N) is 2. The summed E-state index contributed by atoms with van der Waals surface area (Å²) in [6.45, 7) is 4.97. The third-order valence-electron chi connectivity index (χ3n) is 3.84. The van der Waals surface area contributed by atoms with E-state index in [-0.39, 0.29) is 11.8 Å². The summed E-state index contributed by atoms with van der Waals surface area (Å²) in [6.07, 6.45) is 2.02. The molecule has 1 aromatic carbocycles. The highest BCUT2D eigenvalue weighted by Crippen LogP contribution is 2.17. The minimum Gasteiger partial charge on any atom is -0.338 e. The van der Waals surface area contributed by atoms with Gasteiger partial charge in [-0.25, -0.2) is 0 Å². The molecule has 106 valence electrons. The molecule has 4 nitrogen and oxygen atoms in total. The van der Waals surface area contributed by atoms with Crippen LogP contribution in [-0.4, -0.2) is 30.4 Å². The van der Waals surface area contributed by atoms with Crippen LogP contribution in [0.5, 0.6) is 0 Å². The third-order valence-corrected chi connectivity index (χ3v) is 3.84. The molecular weight excluding hydrogens is 250 g/mol. The fraction of sp³-hybridized carbons (Fsp3) is 0.500. The molecule has 0 aromatic heterocycles. The van der Waals surface area contributed by atoms with Crippen molar-refractivity contribution in [3.8, 4) is 6.07 Å². The Morgan fingerprint density at radius 1 is 1.50 bits per heavy atom. The van der Waals surface area contributed by atoms with Crippen LogP contribution in [0.2, 0.25) is 0 Å². The van der Waals surface area contributed by atoms with Crippen LogP contribution < -0.4 is 5.32 Å². The fourth-order valence-electron chi connectivity index (χ4n) is 2.64. The Morgan fingerprint density at radius 2 is 2.30 bits per heavy atom. The topological polar surface area (TPSA) is 56.1 Å². The number of rotatable bonds is 4. The summed E-state index contributed by atoms with van der Waals surface area (Å²) in [4.78, 5) is 14.4. The lowest BCUT2D eigenvalue weighted by atomic mass is 9.97. The van der Waals surface area contributed by atoms with Crippen LogP contribution >= 0.6 is 0 Å². The van der Waals surface area contributed by atoms with Gasteiger partial charge in [0.1, 0.15) is 0 Å². The van der Waals surface area contributed by atoms with Crippen molar-refractivity contribution in [2.75, 3.05) is 19.6 Å². The lowest BCUT2D eigenvalue weighted by molar-refractivity contribution is -0.136. The van der Waals surface area contributed by atoms with E-state index in [1.807, 2.05) is 30.0 Å². The van der Waals surface area contributed by atoms with Crippen molar-refractivity contribution in [3.63, 3.8) is 0 Å². The van der Waals surface area contributed by atoms with Crippen molar-refractivity contribution in [1.29, 1.82) is 5.26 Å². The largest absolute Gasteiger partial charge is 0.338 e. The molecule has 1 aromatic rings. The Kier molecular flexibility index (Phi) is 5.14. The highest BCUT2D eigenvalue weighted by Gasteiger charge is 2.25. The first-order chi connectivity index (χ1) is 9.76. The van der Waals surface area contributed by atoms with E-state index in [0.717, 1.165) is 31.5 Å². The number of carbonyl (C=O) groups excluding carboxylic acids is 1. The second-order valence-electron chi connectivity index (χ2n) is 5.16. The number of amides is 1. The zero-order valence-electron chi connectivity index (χ0n) is 11.9. The van der Waals surface area contributed by atoms with E-state index in [1.54, 1.807) is 6.07 Å². The number of hydrogen-bond donors (Lipinski definition) is 1. The zero-order valence-corrected chi connectivity index (χ0v) is 11.9. The summed E-state index contributed by atoms with van der Waals surface area (Å²) in [6, 6.07) is 9.68. The molecule has 1 aliphatic heterocycles. The monoisotopic (exact) mass is 271 g/mol. The molecule has 1 atom stereocenters. The first-order valence-corrected chi connectivity index (χ1v) is 7.23. The van der Waals surface area contributed by atoms with Crippen LogP contribution in [0.4, 0.5) is 0 Å². The van der Waals surface area contributed by atoms with E-state index >= 15 is 0 Å². The Labute approximate surface area is 120 Å². The summed E-state index contributed by atoms with van der Waals surface area (Å²) in [5.74, 6) is 0.283. The standard InChI is InChI=1S/C16H21N3O/c1-2-19(16(20)14-8-5-9-18-11-14)12-15-7-4-3-6-13(15)10-17/h3-4,6-7,14,18H,2,5,8-9,11-12H2,1H3/t14-/m1/s1. The van der Waals surface area contributed by atoms with E-state index in [0.29, 0.717) is 18.7 Å². The van der Waals surface area contributed by atoms with Crippen molar-refractivity contribution in [2.24, 2.45) is 5.92 Å². The van der Waals surface area contributed by atoms with Crippen molar-refractivity contribution in [1.82, 2.24) is 10.2 Å². The molecule has 1 fully saturated rings. The summed E-state index contributed by atoms with van der Waals surface area (Å²) < 4.78 is 0. The van der Waals surface area contributed by atoms with Crippen molar-refractivity contribution in [3.05, 3.63) is 35.4 Å². The van der Waals surface area contributed by atoms with Gasteiger partial charge >= 0.3 is 0 Å². The lowest BCUT2D eigenvalue weighted by Gasteiger charge is -2.29. The Bertz CT molecular complexity index is 501. The number of piperidine rings is 1. The number of nitriles is 1. The Hall–Kier alpha value is -1.86. The second kappa shape index (κ2) is 7.06. The highest BCUT2D eigenvalue weighted by molar-refractivity contribution is 5.79. The molecule has 0 unspecified atom stereocenters. The highest BCUT2D eigenvalue weighted by atomic mass is 16.2. The average molecular weight is 271 g/mol. The van der Waals surface area contributed by atoms with Gasteiger partial charge in [-0.3, -0.25) is 4.79 Å². The van der Waals surface area contributed by atoms with Crippen LogP contribution in [0.15, 0.2) is 24.3 Å². The number of hydrogen-bond acceptors (Lipinski definition) is 3. The molecule has 0 aliphatic carbocycles. The summed E-state index contributed by atoms with van der Waals surface area (Å²) >= 11 is 0. The van der Waals surface area contributed by atoms with Gasteiger partial charge in [-0.05, 0) is 37.9 Å². The van der Waals surface area contributed by atoms with Gasteiger partial charge in [0.05, 0.1) is 17.6 Å². The molecular formula is C16H21N3O. The number of carbonyl (C=O) groups is 1. The molecule has 0 saturated carbocycles. The van der Waals surface area contributed by atoms with Gasteiger partial charge in [0.25, 0.3) is 0 Å². The van der Waals surface area contributed by atoms with Crippen LogP contribution in [0.1, 0.15) is 30.9 Å². The van der Waals surface area contributed by atoms with E-state index < -0.39 is 0 Å².